The molecule has 82 valence electrons. The molecule has 0 aliphatic rings. The molecule has 0 saturated carbocycles. The Morgan fingerprint density at radius 3 is 2.50 bits per heavy atom. The Labute approximate surface area is 88.5 Å². The van der Waals surface area contributed by atoms with E-state index in [1.165, 1.54) is 31.8 Å². The average Bonchev–Trinajstić information content (AvgIpc) is 2.12. The maximum absolute atomic E-state index is 11.0. The van der Waals surface area contributed by atoms with Gasteiger partial charge < -0.3 is 4.43 Å². The van der Waals surface area contributed by atoms with E-state index in [2.05, 4.69) is 26.6 Å². The molecule has 0 amide bonds. The van der Waals surface area contributed by atoms with Crippen molar-refractivity contribution in [3.05, 3.63) is 12.7 Å². The zero-order chi connectivity index (χ0) is 11.0. The van der Waals surface area contributed by atoms with Gasteiger partial charge in [0.15, 0.2) is 0 Å². The van der Waals surface area contributed by atoms with Gasteiger partial charge in [-0.15, -0.1) is 0 Å². The lowest BCUT2D eigenvalue weighted by molar-refractivity contribution is -0.129. The number of rotatable bonds is 7. The molecule has 0 radical (unpaired) electrons. The minimum atomic E-state index is -1.76. The van der Waals surface area contributed by atoms with Crippen molar-refractivity contribution in [1.29, 1.82) is 0 Å². The average molecular weight is 214 g/mol. The zero-order valence-electron chi connectivity index (χ0n) is 9.64. The molecule has 0 aromatic heterocycles. The summed E-state index contributed by atoms with van der Waals surface area (Å²) in [6.07, 6.45) is 6.20. The Morgan fingerprint density at radius 2 is 2.00 bits per heavy atom. The van der Waals surface area contributed by atoms with Crippen LogP contribution in [-0.2, 0) is 9.22 Å². The van der Waals surface area contributed by atoms with E-state index < -0.39 is 8.32 Å². The first kappa shape index (κ1) is 13.4. The van der Waals surface area contributed by atoms with Gasteiger partial charge in [-0.2, -0.15) is 0 Å². The summed E-state index contributed by atoms with van der Waals surface area (Å²) in [6, 6.07) is 1.06. The highest BCUT2D eigenvalue weighted by molar-refractivity contribution is 6.72. The number of carbonyl (C=O) groups excluding carboxylic acids is 1. The lowest BCUT2D eigenvalue weighted by atomic mass is 10.2. The van der Waals surface area contributed by atoms with Crippen molar-refractivity contribution in [1.82, 2.24) is 0 Å². The molecule has 0 aliphatic heterocycles. The van der Waals surface area contributed by atoms with E-state index in [4.69, 9.17) is 4.43 Å². The monoisotopic (exact) mass is 214 g/mol. The first-order chi connectivity index (χ1) is 6.52. The van der Waals surface area contributed by atoms with Gasteiger partial charge in [-0.3, -0.25) is 0 Å². The largest absolute Gasteiger partial charge is 0.517 e. The summed E-state index contributed by atoms with van der Waals surface area (Å²) in [7, 11) is -1.76. The summed E-state index contributed by atoms with van der Waals surface area (Å²) in [5, 5.41) is 0. The van der Waals surface area contributed by atoms with Crippen LogP contribution in [0.25, 0.3) is 0 Å². The first-order valence-corrected chi connectivity index (χ1v) is 8.49. The Morgan fingerprint density at radius 1 is 1.36 bits per heavy atom. The van der Waals surface area contributed by atoms with Crippen molar-refractivity contribution in [2.24, 2.45) is 0 Å². The van der Waals surface area contributed by atoms with E-state index in [0.29, 0.717) is 0 Å². The van der Waals surface area contributed by atoms with Gasteiger partial charge in [0.1, 0.15) is 0 Å². The topological polar surface area (TPSA) is 26.3 Å². The molecule has 0 atom stereocenters. The molecule has 0 aromatic rings. The van der Waals surface area contributed by atoms with Crippen LogP contribution in [0.2, 0.25) is 19.1 Å². The van der Waals surface area contributed by atoms with E-state index in [1.807, 2.05) is 0 Å². The van der Waals surface area contributed by atoms with Crippen LogP contribution in [0.5, 0.6) is 0 Å². The van der Waals surface area contributed by atoms with Crippen molar-refractivity contribution in [2.75, 3.05) is 0 Å². The summed E-state index contributed by atoms with van der Waals surface area (Å²) < 4.78 is 5.35. The summed E-state index contributed by atoms with van der Waals surface area (Å²) in [6.45, 7) is 9.76. The lowest BCUT2D eigenvalue weighted by Gasteiger charge is -2.21. The summed E-state index contributed by atoms with van der Waals surface area (Å²) in [5.74, 6) is -0.267. The number of hydrogen-bond donors (Lipinski definition) is 0. The predicted octanol–water partition coefficient (Wildman–Crippen LogP) is 3.50. The van der Waals surface area contributed by atoms with Gasteiger partial charge in [0.05, 0.1) is 0 Å². The molecule has 3 heteroatoms. The van der Waals surface area contributed by atoms with Crippen LogP contribution in [0.1, 0.15) is 32.6 Å². The molecule has 2 nitrogen and oxygen atoms in total. The molecule has 14 heavy (non-hydrogen) atoms. The first-order valence-electron chi connectivity index (χ1n) is 5.37. The minimum Gasteiger partial charge on any atom is -0.517 e. The van der Waals surface area contributed by atoms with E-state index in [1.54, 1.807) is 0 Å². The highest BCUT2D eigenvalue weighted by Gasteiger charge is 2.24. The second kappa shape index (κ2) is 6.82. The van der Waals surface area contributed by atoms with Crippen LogP contribution >= 0.6 is 0 Å². The van der Waals surface area contributed by atoms with Crippen LogP contribution in [0.15, 0.2) is 12.7 Å². The molecule has 0 N–H and O–H groups in total. The molecule has 0 bridgehead atoms. The van der Waals surface area contributed by atoms with Crippen molar-refractivity contribution >= 4 is 14.3 Å². The van der Waals surface area contributed by atoms with Crippen LogP contribution in [0, 0.1) is 0 Å². The fraction of sp³-hybridized carbons (Fsp3) is 0.727. The van der Waals surface area contributed by atoms with Crippen LogP contribution in [-0.4, -0.2) is 14.3 Å². The van der Waals surface area contributed by atoms with E-state index in [9.17, 15) is 4.79 Å². The molecule has 0 heterocycles. The number of unbranched alkanes of at least 4 members (excludes halogenated alkanes) is 3. The predicted molar refractivity (Wildman–Crippen MR) is 62.7 cm³/mol. The van der Waals surface area contributed by atoms with Gasteiger partial charge in [0.25, 0.3) is 0 Å². The van der Waals surface area contributed by atoms with Gasteiger partial charge in [-0.1, -0.05) is 39.2 Å². The molecule has 0 aliphatic carbocycles. The van der Waals surface area contributed by atoms with Crippen LogP contribution < -0.4 is 0 Å². The summed E-state index contributed by atoms with van der Waals surface area (Å²) in [4.78, 5) is 11.0. The molecular weight excluding hydrogens is 192 g/mol. The number of carbonyl (C=O) groups is 1. The van der Waals surface area contributed by atoms with Gasteiger partial charge in [-0.25, -0.2) is 4.79 Å². The smallest absolute Gasteiger partial charge is 0.316 e. The minimum absolute atomic E-state index is 0.267. The van der Waals surface area contributed by atoms with Gasteiger partial charge in [-0.05, 0) is 19.1 Å². The fourth-order valence-corrected chi connectivity index (χ4v) is 3.17. The molecular formula is C11H22O2Si. The van der Waals surface area contributed by atoms with Crippen LogP contribution in [0.4, 0.5) is 0 Å². The third-order valence-electron chi connectivity index (χ3n) is 2.18. The van der Waals surface area contributed by atoms with Crippen molar-refractivity contribution in [3.8, 4) is 0 Å². The highest BCUT2D eigenvalue weighted by atomic mass is 28.4. The molecule has 0 aromatic carbocycles. The SMILES string of the molecule is C=CC(=O)O[Si](C)(C)CCCCCC. The Bertz CT molecular complexity index is 188. The molecule has 0 rings (SSSR count). The quantitative estimate of drug-likeness (QED) is 0.368. The van der Waals surface area contributed by atoms with Gasteiger partial charge in [0.2, 0.25) is 8.32 Å². The molecule has 0 saturated heterocycles. The van der Waals surface area contributed by atoms with Gasteiger partial charge >= 0.3 is 5.97 Å². The van der Waals surface area contributed by atoms with E-state index in [-0.39, 0.29) is 5.97 Å². The molecule has 0 spiro atoms. The fourth-order valence-electron chi connectivity index (χ4n) is 1.34. The summed E-state index contributed by atoms with van der Waals surface area (Å²) in [5.41, 5.74) is 0. The lowest BCUT2D eigenvalue weighted by Crippen LogP contribution is -2.32. The maximum Gasteiger partial charge on any atom is 0.316 e. The Balaban J connectivity index is 3.71. The second-order valence-corrected chi connectivity index (χ2v) is 8.42. The van der Waals surface area contributed by atoms with Crippen molar-refractivity contribution in [3.63, 3.8) is 0 Å². The molecule has 0 fully saturated rings. The van der Waals surface area contributed by atoms with Crippen LogP contribution in [0.3, 0.4) is 0 Å². The second-order valence-electron chi connectivity index (χ2n) is 4.20. The van der Waals surface area contributed by atoms with E-state index in [0.717, 1.165) is 6.04 Å². The molecule has 0 unspecified atom stereocenters. The summed E-state index contributed by atoms with van der Waals surface area (Å²) >= 11 is 0. The van der Waals surface area contributed by atoms with Crippen molar-refractivity contribution < 1.29 is 9.22 Å². The van der Waals surface area contributed by atoms with Crippen molar-refractivity contribution in [2.45, 2.75) is 51.7 Å². The standard InChI is InChI=1S/C11H22O2Si/c1-5-7-8-9-10-14(3,4)13-11(12)6-2/h6H,2,5,7-10H2,1,3-4H3. The highest BCUT2D eigenvalue weighted by Crippen LogP contribution is 2.16. The Hall–Kier alpha value is -0.573. The van der Waals surface area contributed by atoms with E-state index >= 15 is 0 Å². The number of hydrogen-bond acceptors (Lipinski definition) is 2. The Kier molecular flexibility index (Phi) is 6.54. The third kappa shape index (κ3) is 6.89. The normalized spacial score (nSPS) is 11.1. The third-order valence-corrected chi connectivity index (χ3v) is 4.49. The zero-order valence-corrected chi connectivity index (χ0v) is 10.6. The van der Waals surface area contributed by atoms with Gasteiger partial charge in [0, 0.05) is 6.08 Å². The maximum atomic E-state index is 11.0.